The van der Waals surface area contributed by atoms with Gasteiger partial charge in [-0.3, -0.25) is 19.4 Å². The van der Waals surface area contributed by atoms with E-state index in [1.54, 1.807) is 6.20 Å². The molecule has 1 atom stereocenters. The number of pyridine rings is 1. The lowest BCUT2D eigenvalue weighted by molar-refractivity contribution is -0.124. The monoisotopic (exact) mass is 370 g/mol. The van der Waals surface area contributed by atoms with E-state index >= 15 is 0 Å². The summed E-state index contributed by atoms with van der Waals surface area (Å²) in [5.41, 5.74) is 4.44. The van der Waals surface area contributed by atoms with E-state index in [0.29, 0.717) is 19.1 Å². The van der Waals surface area contributed by atoms with E-state index in [9.17, 15) is 4.79 Å². The summed E-state index contributed by atoms with van der Waals surface area (Å²) in [6, 6.07) is 5.86. The highest BCUT2D eigenvalue weighted by atomic mass is 16.2. The van der Waals surface area contributed by atoms with Crippen LogP contribution in [0.15, 0.2) is 24.4 Å². The van der Waals surface area contributed by atoms with Gasteiger partial charge < -0.3 is 10.6 Å². The van der Waals surface area contributed by atoms with E-state index in [1.807, 2.05) is 18.2 Å². The van der Waals surface area contributed by atoms with Crippen LogP contribution in [0.25, 0.3) is 0 Å². The van der Waals surface area contributed by atoms with Crippen molar-refractivity contribution in [2.75, 3.05) is 19.6 Å². The van der Waals surface area contributed by atoms with E-state index in [-0.39, 0.29) is 11.9 Å². The lowest BCUT2D eigenvalue weighted by Gasteiger charge is -2.33. The summed E-state index contributed by atoms with van der Waals surface area (Å²) >= 11 is 0. The van der Waals surface area contributed by atoms with Crippen molar-refractivity contribution in [3.8, 4) is 0 Å². The molecule has 3 heterocycles. The van der Waals surface area contributed by atoms with E-state index in [0.717, 1.165) is 31.0 Å². The minimum atomic E-state index is -0.205. The largest absolute Gasteiger partial charge is 0.349 e. The Balaban J connectivity index is 1.59. The molecule has 2 N–H and O–H groups in total. The Kier molecular flexibility index (Phi) is 6.23. The summed E-state index contributed by atoms with van der Waals surface area (Å²) in [5, 5.41) is 11.0. The van der Waals surface area contributed by atoms with Crippen molar-refractivity contribution in [2.45, 2.75) is 52.9 Å². The van der Waals surface area contributed by atoms with Gasteiger partial charge in [0.25, 0.3) is 0 Å². The molecule has 1 aliphatic rings. The maximum absolute atomic E-state index is 12.6. The minimum Gasteiger partial charge on any atom is -0.349 e. The van der Waals surface area contributed by atoms with Crippen LogP contribution in [0.4, 0.5) is 0 Å². The molecule has 27 heavy (non-hydrogen) atoms. The number of piperazine rings is 1. The smallest absolute Gasteiger partial charge is 0.238 e. The number of carbonyl (C=O) groups excluding carboxylic acids is 1. The van der Waals surface area contributed by atoms with Crippen molar-refractivity contribution in [1.82, 2.24) is 30.3 Å². The van der Waals surface area contributed by atoms with Gasteiger partial charge in [0.05, 0.1) is 24.0 Å². The minimum absolute atomic E-state index is 0.0247. The van der Waals surface area contributed by atoms with Crippen LogP contribution in [0, 0.1) is 13.8 Å². The zero-order valence-corrected chi connectivity index (χ0v) is 16.7. The average Bonchev–Trinajstić information content (AvgIpc) is 2.95. The van der Waals surface area contributed by atoms with Crippen LogP contribution in [-0.4, -0.2) is 51.2 Å². The number of carbonyl (C=O) groups is 1. The molecule has 0 spiro atoms. The molecule has 0 bridgehead atoms. The molecule has 1 amide bonds. The summed E-state index contributed by atoms with van der Waals surface area (Å²) in [6.07, 6.45) is 1.74. The van der Waals surface area contributed by atoms with Crippen LogP contribution >= 0.6 is 0 Å². The van der Waals surface area contributed by atoms with Gasteiger partial charge in [0.15, 0.2) is 0 Å². The summed E-state index contributed by atoms with van der Waals surface area (Å²) in [6.45, 7) is 12.2. The first-order chi connectivity index (χ1) is 13.0. The fraction of sp³-hybridized carbons (Fsp3) is 0.550. The number of nitrogens with one attached hydrogen (secondary N) is 2. The molecule has 1 unspecified atom stereocenters. The van der Waals surface area contributed by atoms with E-state index < -0.39 is 0 Å². The highest BCUT2D eigenvalue weighted by molar-refractivity contribution is 5.82. The summed E-state index contributed by atoms with van der Waals surface area (Å²) in [4.78, 5) is 19.1. The first-order valence-electron chi connectivity index (χ1n) is 9.63. The maximum atomic E-state index is 12.6. The molecule has 7 nitrogen and oxygen atoms in total. The van der Waals surface area contributed by atoms with Crippen molar-refractivity contribution >= 4 is 5.91 Å². The van der Waals surface area contributed by atoms with E-state index in [2.05, 4.69) is 58.0 Å². The first-order valence-corrected chi connectivity index (χ1v) is 9.63. The van der Waals surface area contributed by atoms with E-state index in [4.69, 9.17) is 0 Å². The number of aryl methyl sites for hydroxylation is 1. The number of hydrogen-bond donors (Lipinski definition) is 2. The van der Waals surface area contributed by atoms with Gasteiger partial charge >= 0.3 is 0 Å². The lowest BCUT2D eigenvalue weighted by Crippen LogP contribution is -2.56. The molecular formula is C20H30N6O. The highest BCUT2D eigenvalue weighted by Crippen LogP contribution is 2.19. The zero-order valence-electron chi connectivity index (χ0n) is 16.7. The van der Waals surface area contributed by atoms with Crippen LogP contribution in [0.1, 0.15) is 42.5 Å². The normalized spacial score (nSPS) is 18.0. The summed E-state index contributed by atoms with van der Waals surface area (Å²) in [5.74, 6) is 0.0247. The molecule has 146 valence electrons. The Labute approximate surface area is 161 Å². The molecule has 2 aromatic rings. The van der Waals surface area contributed by atoms with Crippen LogP contribution < -0.4 is 10.6 Å². The third-order valence-electron chi connectivity index (χ3n) is 5.09. The van der Waals surface area contributed by atoms with Crippen LogP contribution in [-0.2, 0) is 17.9 Å². The van der Waals surface area contributed by atoms with E-state index in [1.165, 1.54) is 11.3 Å². The molecule has 1 saturated heterocycles. The first kappa shape index (κ1) is 19.5. The molecule has 0 radical (unpaired) electrons. The Hall–Kier alpha value is -2.25. The SMILES string of the molecule is Cc1nn(C(C)C)c(C)c1CN1CCNC(C(=O)NCc2ccccn2)C1. The molecule has 3 rings (SSSR count). The van der Waals surface area contributed by atoms with Gasteiger partial charge in [-0.05, 0) is 39.8 Å². The fourth-order valence-electron chi connectivity index (χ4n) is 3.59. The summed E-state index contributed by atoms with van der Waals surface area (Å²) < 4.78 is 2.09. The van der Waals surface area contributed by atoms with Gasteiger partial charge in [0.2, 0.25) is 5.91 Å². The number of amides is 1. The second-order valence-corrected chi connectivity index (χ2v) is 7.47. The zero-order chi connectivity index (χ0) is 19.4. The maximum Gasteiger partial charge on any atom is 0.238 e. The number of aromatic nitrogens is 3. The molecule has 1 aliphatic heterocycles. The predicted molar refractivity (Wildman–Crippen MR) is 105 cm³/mol. The molecule has 1 fully saturated rings. The molecule has 0 aliphatic carbocycles. The van der Waals surface area contributed by atoms with Crippen molar-refractivity contribution < 1.29 is 4.79 Å². The van der Waals surface area contributed by atoms with Crippen molar-refractivity contribution in [1.29, 1.82) is 0 Å². The predicted octanol–water partition coefficient (Wildman–Crippen LogP) is 1.57. The van der Waals surface area contributed by atoms with Crippen LogP contribution in [0.2, 0.25) is 0 Å². The molecule has 2 aromatic heterocycles. The van der Waals surface area contributed by atoms with Gasteiger partial charge in [-0.25, -0.2) is 0 Å². The third kappa shape index (κ3) is 4.73. The van der Waals surface area contributed by atoms with Crippen molar-refractivity contribution in [3.63, 3.8) is 0 Å². The Bertz CT molecular complexity index is 770. The van der Waals surface area contributed by atoms with Gasteiger partial charge in [0.1, 0.15) is 0 Å². The Morgan fingerprint density at radius 3 is 2.85 bits per heavy atom. The Morgan fingerprint density at radius 2 is 2.19 bits per heavy atom. The highest BCUT2D eigenvalue weighted by Gasteiger charge is 2.26. The molecule has 0 saturated carbocycles. The van der Waals surface area contributed by atoms with Crippen molar-refractivity contribution in [2.24, 2.45) is 0 Å². The number of nitrogens with zero attached hydrogens (tertiary/aromatic N) is 4. The fourth-order valence-corrected chi connectivity index (χ4v) is 3.59. The van der Waals surface area contributed by atoms with Gasteiger partial charge in [-0.1, -0.05) is 6.07 Å². The number of rotatable bonds is 6. The lowest BCUT2D eigenvalue weighted by atomic mass is 10.1. The topological polar surface area (TPSA) is 75.1 Å². The standard InChI is InChI=1S/C20H30N6O/c1-14(2)26-16(4)18(15(3)24-26)12-25-10-9-22-19(13-25)20(27)23-11-17-7-5-6-8-21-17/h5-8,14,19,22H,9-13H2,1-4H3,(H,23,27). The average molecular weight is 371 g/mol. The number of hydrogen-bond acceptors (Lipinski definition) is 5. The van der Waals surface area contributed by atoms with Crippen LogP contribution in [0.3, 0.4) is 0 Å². The third-order valence-corrected chi connectivity index (χ3v) is 5.09. The summed E-state index contributed by atoms with van der Waals surface area (Å²) in [7, 11) is 0. The van der Waals surface area contributed by atoms with Crippen molar-refractivity contribution in [3.05, 3.63) is 47.0 Å². The second-order valence-electron chi connectivity index (χ2n) is 7.47. The molecule has 7 heteroatoms. The quantitative estimate of drug-likeness (QED) is 0.807. The van der Waals surface area contributed by atoms with Gasteiger partial charge in [-0.15, -0.1) is 0 Å². The van der Waals surface area contributed by atoms with Crippen LogP contribution in [0.5, 0.6) is 0 Å². The molecule has 0 aromatic carbocycles. The molecular weight excluding hydrogens is 340 g/mol. The van der Waals surface area contributed by atoms with Gasteiger partial charge in [0, 0.05) is 49.7 Å². The second kappa shape index (κ2) is 8.63. The Morgan fingerprint density at radius 1 is 1.37 bits per heavy atom. The van der Waals surface area contributed by atoms with Gasteiger partial charge in [-0.2, -0.15) is 5.10 Å².